The third-order valence-corrected chi connectivity index (χ3v) is 3.47. The molecule has 1 rings (SSSR count). The van der Waals surface area contributed by atoms with Crippen molar-refractivity contribution in [1.82, 2.24) is 5.32 Å². The van der Waals surface area contributed by atoms with Crippen molar-refractivity contribution in [2.24, 2.45) is 0 Å². The lowest BCUT2D eigenvalue weighted by atomic mass is 10.1. The van der Waals surface area contributed by atoms with E-state index in [2.05, 4.69) is 39.8 Å². The molecule has 0 aromatic heterocycles. The molecule has 0 fully saturated rings. The predicted octanol–water partition coefficient (Wildman–Crippen LogP) is 3.45. The Morgan fingerprint density at radius 3 is 2.70 bits per heavy atom. The molecule has 4 nitrogen and oxygen atoms in total. The summed E-state index contributed by atoms with van der Waals surface area (Å²) in [5, 5.41) is 3.41. The molecule has 1 aromatic rings. The number of carbonyl (C=O) groups is 1. The van der Waals surface area contributed by atoms with Crippen LogP contribution in [0.4, 0.5) is 0 Å². The second-order valence-electron chi connectivity index (χ2n) is 4.64. The summed E-state index contributed by atoms with van der Waals surface area (Å²) in [5.74, 6) is 0.304. The van der Waals surface area contributed by atoms with Crippen LogP contribution in [0, 0.1) is 0 Å². The summed E-state index contributed by atoms with van der Waals surface area (Å²) < 4.78 is 11.3. The van der Waals surface area contributed by atoms with E-state index in [1.807, 2.05) is 18.2 Å². The Morgan fingerprint density at radius 1 is 1.40 bits per heavy atom. The molecular formula is C15H22BrNO3. The highest BCUT2D eigenvalue weighted by Crippen LogP contribution is 2.29. The highest BCUT2D eigenvalue weighted by Gasteiger charge is 2.19. The van der Waals surface area contributed by atoms with E-state index in [1.54, 1.807) is 6.92 Å². The molecule has 1 N–H and O–H groups in total. The Hall–Kier alpha value is -1.07. The Kier molecular flexibility index (Phi) is 7.02. The van der Waals surface area contributed by atoms with E-state index >= 15 is 0 Å². The lowest BCUT2D eigenvalue weighted by Gasteiger charge is -2.20. The number of hydrogen-bond donors (Lipinski definition) is 1. The van der Waals surface area contributed by atoms with Crippen molar-refractivity contribution in [2.45, 2.75) is 39.3 Å². The molecule has 0 amide bonds. The number of halogens is 1. The summed E-state index contributed by atoms with van der Waals surface area (Å²) in [4.78, 5) is 11.5. The lowest BCUT2D eigenvalue weighted by Crippen LogP contribution is -2.26. The van der Waals surface area contributed by atoms with E-state index < -0.39 is 6.10 Å². The van der Waals surface area contributed by atoms with Crippen LogP contribution in [0.3, 0.4) is 0 Å². The zero-order chi connectivity index (χ0) is 15.1. The van der Waals surface area contributed by atoms with Crippen molar-refractivity contribution < 1.29 is 14.3 Å². The normalized spacial score (nSPS) is 13.7. The van der Waals surface area contributed by atoms with Gasteiger partial charge in [0.25, 0.3) is 0 Å². The van der Waals surface area contributed by atoms with Gasteiger partial charge in [-0.2, -0.15) is 0 Å². The Bertz CT molecular complexity index is 451. The molecule has 0 radical (unpaired) electrons. The fraction of sp³-hybridized carbons (Fsp3) is 0.533. The summed E-state index contributed by atoms with van der Waals surface area (Å²) in [6.07, 6.45) is 0.432. The van der Waals surface area contributed by atoms with Crippen molar-refractivity contribution in [1.29, 1.82) is 0 Å². The first-order valence-corrected chi connectivity index (χ1v) is 7.56. The van der Waals surface area contributed by atoms with Crippen molar-refractivity contribution in [3.8, 4) is 5.75 Å². The fourth-order valence-electron chi connectivity index (χ4n) is 1.84. The topological polar surface area (TPSA) is 47.6 Å². The molecule has 0 bridgehead atoms. The monoisotopic (exact) mass is 343 g/mol. The van der Waals surface area contributed by atoms with Crippen molar-refractivity contribution >= 4 is 21.9 Å². The molecule has 112 valence electrons. The summed E-state index contributed by atoms with van der Waals surface area (Å²) in [6.45, 7) is 6.82. The Morgan fingerprint density at radius 2 is 2.10 bits per heavy atom. The maximum Gasteiger partial charge on any atom is 0.346 e. The summed E-state index contributed by atoms with van der Waals surface area (Å²) >= 11 is 3.43. The first-order chi connectivity index (χ1) is 9.49. The van der Waals surface area contributed by atoms with Crippen molar-refractivity contribution in [2.75, 3.05) is 13.7 Å². The minimum atomic E-state index is -0.633. The van der Waals surface area contributed by atoms with E-state index in [9.17, 15) is 4.79 Å². The summed E-state index contributed by atoms with van der Waals surface area (Å²) in [5.41, 5.74) is 1.03. The second kappa shape index (κ2) is 8.27. The quantitative estimate of drug-likeness (QED) is 0.770. The smallest absolute Gasteiger partial charge is 0.346 e. The molecule has 0 aliphatic carbocycles. The third-order valence-electron chi connectivity index (χ3n) is 2.98. The van der Waals surface area contributed by atoms with E-state index in [-0.39, 0.29) is 12.0 Å². The molecule has 2 unspecified atom stereocenters. The number of nitrogens with one attached hydrogen (secondary N) is 1. The number of ether oxygens (including phenoxy) is 2. The fourth-order valence-corrected chi connectivity index (χ4v) is 2.18. The number of carbonyl (C=O) groups excluding carboxylic acids is 1. The van der Waals surface area contributed by atoms with Crippen molar-refractivity contribution in [3.63, 3.8) is 0 Å². The van der Waals surface area contributed by atoms with Gasteiger partial charge in [0, 0.05) is 16.1 Å². The van der Waals surface area contributed by atoms with Crippen LogP contribution in [0.5, 0.6) is 5.75 Å². The van der Waals surface area contributed by atoms with E-state index in [0.29, 0.717) is 5.75 Å². The van der Waals surface area contributed by atoms with Gasteiger partial charge in [-0.3, -0.25) is 0 Å². The number of methoxy groups -OCH3 is 1. The minimum absolute atomic E-state index is 0.155. The minimum Gasteiger partial charge on any atom is -0.479 e. The van der Waals surface area contributed by atoms with Crippen LogP contribution in [0.1, 0.15) is 38.8 Å². The summed E-state index contributed by atoms with van der Waals surface area (Å²) in [6, 6.07) is 5.99. The maximum atomic E-state index is 11.5. The van der Waals surface area contributed by atoms with Gasteiger partial charge in [-0.05, 0) is 38.9 Å². The van der Waals surface area contributed by atoms with Crippen molar-refractivity contribution in [3.05, 3.63) is 28.2 Å². The van der Waals surface area contributed by atoms with E-state index in [4.69, 9.17) is 4.74 Å². The molecule has 0 saturated carbocycles. The van der Waals surface area contributed by atoms with Crippen LogP contribution in [-0.2, 0) is 9.53 Å². The lowest BCUT2D eigenvalue weighted by molar-refractivity contribution is -0.147. The van der Waals surface area contributed by atoms with Gasteiger partial charge in [-0.1, -0.05) is 28.9 Å². The van der Waals surface area contributed by atoms with Gasteiger partial charge in [0.1, 0.15) is 5.75 Å². The number of esters is 1. The second-order valence-corrected chi connectivity index (χ2v) is 5.56. The standard InChI is InChI=1S/C15H22BrNO3/c1-5-8-17-10(2)13-7-6-12(16)9-14(13)20-11(3)15(18)19-4/h6-7,9-11,17H,5,8H2,1-4H3. The highest BCUT2D eigenvalue weighted by molar-refractivity contribution is 9.10. The number of rotatable bonds is 7. The average molecular weight is 344 g/mol. The Balaban J connectivity index is 2.92. The van der Waals surface area contributed by atoms with Crippen LogP contribution in [0.25, 0.3) is 0 Å². The molecule has 0 heterocycles. The van der Waals surface area contributed by atoms with Gasteiger partial charge in [0.05, 0.1) is 7.11 Å². The van der Waals surface area contributed by atoms with Gasteiger partial charge >= 0.3 is 5.97 Å². The SMILES string of the molecule is CCCNC(C)c1ccc(Br)cc1OC(C)C(=O)OC. The van der Waals surface area contributed by atoms with Gasteiger partial charge in [-0.25, -0.2) is 4.79 Å². The number of benzene rings is 1. The zero-order valence-corrected chi connectivity index (χ0v) is 14.0. The Labute approximate surface area is 129 Å². The first kappa shape index (κ1) is 17.0. The van der Waals surface area contributed by atoms with E-state index in [1.165, 1.54) is 7.11 Å². The molecule has 0 spiro atoms. The van der Waals surface area contributed by atoms with Crippen LogP contribution < -0.4 is 10.1 Å². The van der Waals surface area contributed by atoms with Gasteiger partial charge < -0.3 is 14.8 Å². The molecule has 0 saturated heterocycles. The first-order valence-electron chi connectivity index (χ1n) is 6.76. The molecule has 0 aliphatic rings. The van der Waals surface area contributed by atoms with Gasteiger partial charge in [-0.15, -0.1) is 0 Å². The maximum absolute atomic E-state index is 11.5. The largest absolute Gasteiger partial charge is 0.479 e. The molecule has 5 heteroatoms. The molecular weight excluding hydrogens is 322 g/mol. The average Bonchev–Trinajstić information content (AvgIpc) is 2.43. The molecule has 20 heavy (non-hydrogen) atoms. The van der Waals surface area contributed by atoms with Crippen LogP contribution in [0.2, 0.25) is 0 Å². The van der Waals surface area contributed by atoms with Gasteiger partial charge in [0.2, 0.25) is 0 Å². The summed E-state index contributed by atoms with van der Waals surface area (Å²) in [7, 11) is 1.36. The highest BCUT2D eigenvalue weighted by atomic mass is 79.9. The van der Waals surface area contributed by atoms with Crippen LogP contribution in [-0.4, -0.2) is 25.7 Å². The van der Waals surface area contributed by atoms with Crippen LogP contribution in [0.15, 0.2) is 22.7 Å². The molecule has 1 aromatic carbocycles. The number of hydrogen-bond acceptors (Lipinski definition) is 4. The predicted molar refractivity (Wildman–Crippen MR) is 83.0 cm³/mol. The van der Waals surface area contributed by atoms with Crippen LogP contribution >= 0.6 is 15.9 Å². The third kappa shape index (κ3) is 4.80. The van der Waals surface area contributed by atoms with Gasteiger partial charge in [0.15, 0.2) is 6.10 Å². The molecule has 2 atom stereocenters. The zero-order valence-electron chi connectivity index (χ0n) is 12.4. The molecule has 0 aliphatic heterocycles. The van der Waals surface area contributed by atoms with E-state index in [0.717, 1.165) is 23.0 Å².